The van der Waals surface area contributed by atoms with Gasteiger partial charge in [-0.25, -0.2) is 4.98 Å². The van der Waals surface area contributed by atoms with Crippen molar-refractivity contribution in [3.63, 3.8) is 0 Å². The van der Waals surface area contributed by atoms with Crippen molar-refractivity contribution in [3.8, 4) is 0 Å². The first-order valence-corrected chi connectivity index (χ1v) is 7.90. The molecule has 110 valence electrons. The van der Waals surface area contributed by atoms with Crippen LogP contribution in [0.1, 0.15) is 43.8 Å². The second-order valence-electron chi connectivity index (χ2n) is 5.20. The van der Waals surface area contributed by atoms with Crippen molar-refractivity contribution in [2.45, 2.75) is 52.1 Å². The summed E-state index contributed by atoms with van der Waals surface area (Å²) < 4.78 is 0. The average Bonchev–Trinajstić information content (AvgIpc) is 2.80. The van der Waals surface area contributed by atoms with Gasteiger partial charge in [0, 0.05) is 24.0 Å². The van der Waals surface area contributed by atoms with Crippen molar-refractivity contribution < 1.29 is 9.59 Å². The molecule has 2 rings (SSSR count). The lowest BCUT2D eigenvalue weighted by molar-refractivity contribution is -0.139. The van der Waals surface area contributed by atoms with Crippen LogP contribution in [0.4, 0.5) is 0 Å². The summed E-state index contributed by atoms with van der Waals surface area (Å²) in [6.07, 6.45) is 1.58. The summed E-state index contributed by atoms with van der Waals surface area (Å²) >= 11 is 1.56. The van der Waals surface area contributed by atoms with Crippen LogP contribution in [-0.4, -0.2) is 33.8 Å². The summed E-state index contributed by atoms with van der Waals surface area (Å²) in [5.41, 5.74) is 0.221. The Morgan fingerprint density at radius 2 is 2.10 bits per heavy atom. The van der Waals surface area contributed by atoms with Crippen molar-refractivity contribution in [2.75, 3.05) is 6.54 Å². The Bertz CT molecular complexity index is 508. The van der Waals surface area contributed by atoms with Gasteiger partial charge in [0.05, 0.1) is 6.54 Å². The molecule has 2 heterocycles. The number of carbonyl (C=O) groups is 2. The molecule has 6 heteroatoms. The predicted octanol–water partition coefficient (Wildman–Crippen LogP) is 1.86. The van der Waals surface area contributed by atoms with Gasteiger partial charge in [-0.2, -0.15) is 0 Å². The van der Waals surface area contributed by atoms with Crippen LogP contribution in [0.15, 0.2) is 5.38 Å². The van der Waals surface area contributed by atoms with Gasteiger partial charge < -0.3 is 10.2 Å². The van der Waals surface area contributed by atoms with Crippen LogP contribution in [0.3, 0.4) is 0 Å². The number of rotatable bonds is 4. The Morgan fingerprint density at radius 1 is 1.40 bits per heavy atom. The average molecular weight is 295 g/mol. The molecule has 0 atom stereocenters. The molecule has 5 nitrogen and oxygen atoms in total. The molecule has 2 amide bonds. The first-order chi connectivity index (χ1) is 9.50. The molecule has 1 saturated heterocycles. The lowest BCUT2D eigenvalue weighted by atomic mass is 9.91. The number of nitrogens with one attached hydrogen (secondary N) is 1. The molecular formula is C14H21N3O2S. The highest BCUT2D eigenvalue weighted by atomic mass is 32.1. The van der Waals surface area contributed by atoms with Gasteiger partial charge in [-0.15, -0.1) is 11.3 Å². The van der Waals surface area contributed by atoms with Gasteiger partial charge in [-0.05, 0) is 19.8 Å². The van der Waals surface area contributed by atoms with E-state index >= 15 is 0 Å². The standard InChI is InChI=1S/C14H21N3O2S/c1-4-14(5-2)13(19)17(7-6-11(18)16-14)8-12-15-10(3)9-20-12/h9H,4-8H2,1-3H3,(H,16,18). The minimum Gasteiger partial charge on any atom is -0.342 e. The molecule has 0 bridgehead atoms. The molecule has 0 spiro atoms. The monoisotopic (exact) mass is 295 g/mol. The minimum atomic E-state index is -0.750. The van der Waals surface area contributed by atoms with Gasteiger partial charge in [0.2, 0.25) is 11.8 Å². The van der Waals surface area contributed by atoms with E-state index in [4.69, 9.17) is 0 Å². The van der Waals surface area contributed by atoms with E-state index in [2.05, 4.69) is 10.3 Å². The topological polar surface area (TPSA) is 62.3 Å². The molecule has 20 heavy (non-hydrogen) atoms. The normalized spacial score (nSPS) is 18.9. The molecule has 0 aromatic carbocycles. The summed E-state index contributed by atoms with van der Waals surface area (Å²) in [7, 11) is 0. The lowest BCUT2D eigenvalue weighted by Crippen LogP contribution is -2.56. The quantitative estimate of drug-likeness (QED) is 0.922. The third-order valence-electron chi connectivity index (χ3n) is 3.88. The molecular weight excluding hydrogens is 274 g/mol. The number of amides is 2. The zero-order valence-electron chi connectivity index (χ0n) is 12.2. The van der Waals surface area contributed by atoms with Crippen molar-refractivity contribution in [1.29, 1.82) is 0 Å². The molecule has 0 saturated carbocycles. The van der Waals surface area contributed by atoms with Crippen LogP contribution in [-0.2, 0) is 16.1 Å². The Labute approximate surface area is 123 Å². The number of hydrogen-bond donors (Lipinski definition) is 1. The van der Waals surface area contributed by atoms with E-state index in [9.17, 15) is 9.59 Å². The molecule has 1 aliphatic rings. The summed E-state index contributed by atoms with van der Waals surface area (Å²) in [6, 6.07) is 0. The summed E-state index contributed by atoms with van der Waals surface area (Å²) in [4.78, 5) is 30.8. The van der Waals surface area contributed by atoms with Crippen molar-refractivity contribution in [1.82, 2.24) is 15.2 Å². The zero-order chi connectivity index (χ0) is 14.8. The second kappa shape index (κ2) is 5.91. The smallest absolute Gasteiger partial charge is 0.248 e. The number of nitrogens with zero attached hydrogens (tertiary/aromatic N) is 2. The number of thiazole rings is 1. The zero-order valence-corrected chi connectivity index (χ0v) is 13.0. The van der Waals surface area contributed by atoms with E-state index in [0.29, 0.717) is 32.4 Å². The maximum atomic E-state index is 12.8. The fourth-order valence-electron chi connectivity index (χ4n) is 2.54. The maximum absolute atomic E-state index is 12.8. The summed E-state index contributed by atoms with van der Waals surface area (Å²) in [6.45, 7) is 6.79. The summed E-state index contributed by atoms with van der Waals surface area (Å²) in [5, 5.41) is 5.82. The SMILES string of the molecule is CCC1(CC)NC(=O)CCN(Cc2nc(C)cs2)C1=O. The molecule has 1 N–H and O–H groups in total. The maximum Gasteiger partial charge on any atom is 0.248 e. The van der Waals surface area contributed by atoms with E-state index in [1.807, 2.05) is 26.2 Å². The second-order valence-corrected chi connectivity index (χ2v) is 6.14. The molecule has 0 unspecified atom stereocenters. The molecule has 0 radical (unpaired) electrons. The molecule has 1 aromatic rings. The first kappa shape index (κ1) is 15.0. The molecule has 0 aliphatic carbocycles. The van der Waals surface area contributed by atoms with E-state index in [0.717, 1.165) is 10.7 Å². The van der Waals surface area contributed by atoms with Gasteiger partial charge in [0.25, 0.3) is 0 Å². The Kier molecular flexibility index (Phi) is 4.42. The van der Waals surface area contributed by atoms with Gasteiger partial charge in [-0.3, -0.25) is 9.59 Å². The van der Waals surface area contributed by atoms with Crippen LogP contribution >= 0.6 is 11.3 Å². The van der Waals surface area contributed by atoms with Gasteiger partial charge in [0.15, 0.2) is 0 Å². The van der Waals surface area contributed by atoms with Gasteiger partial charge in [0.1, 0.15) is 10.5 Å². The fraction of sp³-hybridized carbons (Fsp3) is 0.643. The highest BCUT2D eigenvalue weighted by Crippen LogP contribution is 2.23. The first-order valence-electron chi connectivity index (χ1n) is 7.02. The van der Waals surface area contributed by atoms with E-state index in [1.54, 1.807) is 16.2 Å². The Balaban J connectivity index is 2.23. The molecule has 1 fully saturated rings. The Hall–Kier alpha value is -1.43. The van der Waals surface area contributed by atoms with Crippen molar-refractivity contribution >= 4 is 23.2 Å². The number of aromatic nitrogens is 1. The Morgan fingerprint density at radius 3 is 2.65 bits per heavy atom. The predicted molar refractivity (Wildman–Crippen MR) is 78.3 cm³/mol. The van der Waals surface area contributed by atoms with Crippen LogP contribution in [0, 0.1) is 6.92 Å². The van der Waals surface area contributed by atoms with E-state index in [1.165, 1.54) is 0 Å². The number of carbonyl (C=O) groups excluding carboxylic acids is 2. The van der Waals surface area contributed by atoms with Crippen LogP contribution in [0.2, 0.25) is 0 Å². The lowest BCUT2D eigenvalue weighted by Gasteiger charge is -2.33. The largest absolute Gasteiger partial charge is 0.342 e. The highest BCUT2D eigenvalue weighted by molar-refractivity contribution is 7.09. The highest BCUT2D eigenvalue weighted by Gasteiger charge is 2.41. The van der Waals surface area contributed by atoms with Crippen LogP contribution in [0.25, 0.3) is 0 Å². The third kappa shape index (κ3) is 2.85. The van der Waals surface area contributed by atoms with Crippen molar-refractivity contribution in [2.24, 2.45) is 0 Å². The molecule has 1 aromatic heterocycles. The molecule has 1 aliphatic heterocycles. The van der Waals surface area contributed by atoms with Crippen molar-refractivity contribution in [3.05, 3.63) is 16.1 Å². The van der Waals surface area contributed by atoms with Gasteiger partial charge >= 0.3 is 0 Å². The van der Waals surface area contributed by atoms with Gasteiger partial charge in [-0.1, -0.05) is 13.8 Å². The third-order valence-corrected chi connectivity index (χ3v) is 4.84. The number of hydrogen-bond acceptors (Lipinski definition) is 4. The van der Waals surface area contributed by atoms with Crippen LogP contribution < -0.4 is 5.32 Å². The van der Waals surface area contributed by atoms with E-state index in [-0.39, 0.29) is 11.8 Å². The fourth-order valence-corrected chi connectivity index (χ4v) is 3.33. The van der Waals surface area contributed by atoms with Crippen LogP contribution in [0.5, 0.6) is 0 Å². The number of aryl methyl sites for hydroxylation is 1. The summed E-state index contributed by atoms with van der Waals surface area (Å²) in [5.74, 6) is -0.0268. The van der Waals surface area contributed by atoms with E-state index < -0.39 is 5.54 Å². The minimum absolute atomic E-state index is 0.0150.